The molecule has 0 radical (unpaired) electrons. The summed E-state index contributed by atoms with van der Waals surface area (Å²) in [7, 11) is 2.11. The number of benzene rings is 1. The molecule has 0 amide bonds. The van der Waals surface area contributed by atoms with Crippen LogP contribution in [0.2, 0.25) is 5.02 Å². The van der Waals surface area contributed by atoms with Crippen molar-refractivity contribution in [3.8, 4) is 0 Å². The van der Waals surface area contributed by atoms with Crippen LogP contribution in [0.1, 0.15) is 31.2 Å². The normalized spacial score (nSPS) is 23.8. The van der Waals surface area contributed by atoms with Gasteiger partial charge in [-0.1, -0.05) is 30.5 Å². The average Bonchev–Trinajstić information content (AvgIpc) is 2.41. The number of hydrogen-bond acceptors (Lipinski definition) is 2. The maximum absolute atomic E-state index is 13.0. The molecule has 1 aliphatic carbocycles. The Morgan fingerprint density at radius 2 is 2.11 bits per heavy atom. The van der Waals surface area contributed by atoms with Gasteiger partial charge in [0, 0.05) is 17.6 Å². The fraction of sp³-hybridized carbons (Fsp3) is 0.600. The summed E-state index contributed by atoms with van der Waals surface area (Å²) < 4.78 is 13.0. The topological polar surface area (TPSA) is 29.3 Å². The van der Waals surface area contributed by atoms with Crippen LogP contribution in [0, 0.1) is 11.7 Å². The number of rotatable bonds is 4. The Balaban J connectivity index is 2.04. The summed E-state index contributed by atoms with van der Waals surface area (Å²) in [4.78, 5) is 2.32. The zero-order valence-corrected chi connectivity index (χ0v) is 12.2. The molecule has 4 heteroatoms. The SMILES string of the molecule is CN(Cc1ccc(F)cc1Cl)C1CCCCC1CN. The Labute approximate surface area is 119 Å². The van der Waals surface area contributed by atoms with Gasteiger partial charge in [0.2, 0.25) is 0 Å². The van der Waals surface area contributed by atoms with Gasteiger partial charge in [-0.25, -0.2) is 4.39 Å². The maximum Gasteiger partial charge on any atom is 0.124 e. The fourth-order valence-electron chi connectivity index (χ4n) is 3.08. The van der Waals surface area contributed by atoms with Crippen LogP contribution in [0.25, 0.3) is 0 Å². The number of hydrogen-bond donors (Lipinski definition) is 1. The van der Waals surface area contributed by atoms with Crippen LogP contribution in [0.5, 0.6) is 0 Å². The van der Waals surface area contributed by atoms with E-state index in [9.17, 15) is 4.39 Å². The highest BCUT2D eigenvalue weighted by atomic mass is 35.5. The van der Waals surface area contributed by atoms with Crippen molar-refractivity contribution in [3.63, 3.8) is 0 Å². The molecule has 0 aliphatic heterocycles. The monoisotopic (exact) mass is 284 g/mol. The minimum atomic E-state index is -0.283. The second-order valence-electron chi connectivity index (χ2n) is 5.50. The molecular weight excluding hydrogens is 263 g/mol. The summed E-state index contributed by atoms with van der Waals surface area (Å²) in [5.41, 5.74) is 6.85. The van der Waals surface area contributed by atoms with Crippen molar-refractivity contribution in [2.75, 3.05) is 13.6 Å². The molecule has 0 bridgehead atoms. The van der Waals surface area contributed by atoms with E-state index in [0.717, 1.165) is 18.7 Å². The first-order chi connectivity index (χ1) is 9.11. The van der Waals surface area contributed by atoms with Crippen LogP contribution in [-0.2, 0) is 6.54 Å². The zero-order valence-electron chi connectivity index (χ0n) is 11.4. The first-order valence-corrected chi connectivity index (χ1v) is 7.34. The van der Waals surface area contributed by atoms with Crippen molar-refractivity contribution in [2.24, 2.45) is 11.7 Å². The summed E-state index contributed by atoms with van der Waals surface area (Å²) in [5.74, 6) is 0.284. The van der Waals surface area contributed by atoms with Gasteiger partial charge in [-0.05, 0) is 50.0 Å². The number of halogens is 2. The predicted molar refractivity (Wildman–Crippen MR) is 77.7 cm³/mol. The molecule has 1 aromatic carbocycles. The van der Waals surface area contributed by atoms with Crippen molar-refractivity contribution >= 4 is 11.6 Å². The van der Waals surface area contributed by atoms with Crippen LogP contribution in [0.15, 0.2) is 18.2 Å². The van der Waals surface area contributed by atoms with E-state index in [0.29, 0.717) is 17.0 Å². The maximum atomic E-state index is 13.0. The molecule has 2 N–H and O–H groups in total. The molecule has 1 saturated carbocycles. The third kappa shape index (κ3) is 3.68. The Kier molecular flexibility index (Phi) is 5.20. The lowest BCUT2D eigenvalue weighted by atomic mass is 9.83. The molecule has 0 saturated heterocycles. The first-order valence-electron chi connectivity index (χ1n) is 6.96. The molecule has 0 aromatic heterocycles. The van der Waals surface area contributed by atoms with Crippen LogP contribution in [0.4, 0.5) is 4.39 Å². The van der Waals surface area contributed by atoms with Crippen molar-refractivity contribution < 1.29 is 4.39 Å². The number of nitrogens with zero attached hydrogens (tertiary/aromatic N) is 1. The fourth-order valence-corrected chi connectivity index (χ4v) is 3.31. The molecule has 0 heterocycles. The number of nitrogens with two attached hydrogens (primary N) is 1. The highest BCUT2D eigenvalue weighted by Gasteiger charge is 2.27. The molecule has 2 nitrogen and oxygen atoms in total. The van der Waals surface area contributed by atoms with Crippen molar-refractivity contribution in [1.29, 1.82) is 0 Å². The molecule has 19 heavy (non-hydrogen) atoms. The summed E-state index contributed by atoms with van der Waals surface area (Å²) in [6.07, 6.45) is 4.95. The van der Waals surface area contributed by atoms with Gasteiger partial charge < -0.3 is 5.73 Å². The van der Waals surface area contributed by atoms with E-state index in [1.807, 2.05) is 0 Å². The van der Waals surface area contributed by atoms with Crippen LogP contribution in [0.3, 0.4) is 0 Å². The average molecular weight is 285 g/mol. The first kappa shape index (κ1) is 14.8. The van der Waals surface area contributed by atoms with Crippen molar-refractivity contribution in [2.45, 2.75) is 38.3 Å². The standard InChI is InChI=1S/C15H22ClFN2/c1-19(15-5-3-2-4-11(15)9-18)10-12-6-7-13(17)8-14(12)16/h6-8,11,15H,2-5,9-10,18H2,1H3. The summed E-state index contributed by atoms with van der Waals surface area (Å²) >= 11 is 6.09. The lowest BCUT2D eigenvalue weighted by molar-refractivity contribution is 0.127. The van der Waals surface area contributed by atoms with Gasteiger partial charge in [0.25, 0.3) is 0 Å². The second-order valence-corrected chi connectivity index (χ2v) is 5.91. The predicted octanol–water partition coefficient (Wildman–Crippen LogP) is 3.43. The van der Waals surface area contributed by atoms with Crippen LogP contribution in [-0.4, -0.2) is 24.5 Å². The Morgan fingerprint density at radius 3 is 2.79 bits per heavy atom. The van der Waals surface area contributed by atoms with E-state index in [1.165, 1.54) is 37.8 Å². The summed E-state index contributed by atoms with van der Waals surface area (Å²) in [6.45, 7) is 1.49. The molecule has 2 atom stereocenters. The van der Waals surface area contributed by atoms with Crippen LogP contribution >= 0.6 is 11.6 Å². The van der Waals surface area contributed by atoms with Gasteiger partial charge in [0.05, 0.1) is 0 Å². The highest BCUT2D eigenvalue weighted by molar-refractivity contribution is 6.31. The van der Waals surface area contributed by atoms with E-state index < -0.39 is 0 Å². The lowest BCUT2D eigenvalue weighted by Crippen LogP contribution is -2.42. The smallest absolute Gasteiger partial charge is 0.124 e. The highest BCUT2D eigenvalue weighted by Crippen LogP contribution is 2.29. The molecule has 1 fully saturated rings. The largest absolute Gasteiger partial charge is 0.330 e. The molecular formula is C15H22ClFN2. The van der Waals surface area contributed by atoms with Gasteiger partial charge in [-0.15, -0.1) is 0 Å². The minimum absolute atomic E-state index is 0.283. The van der Waals surface area contributed by atoms with E-state index in [-0.39, 0.29) is 5.82 Å². The van der Waals surface area contributed by atoms with Gasteiger partial charge in [-0.3, -0.25) is 4.90 Å². The molecule has 0 spiro atoms. The van der Waals surface area contributed by atoms with E-state index in [4.69, 9.17) is 17.3 Å². The van der Waals surface area contributed by atoms with Crippen LogP contribution < -0.4 is 5.73 Å². The second kappa shape index (κ2) is 6.69. The summed E-state index contributed by atoms with van der Waals surface area (Å²) in [6, 6.07) is 5.14. The lowest BCUT2D eigenvalue weighted by Gasteiger charge is -2.37. The van der Waals surface area contributed by atoms with Gasteiger partial charge >= 0.3 is 0 Å². The zero-order chi connectivity index (χ0) is 13.8. The third-order valence-corrected chi connectivity index (χ3v) is 4.52. The summed E-state index contributed by atoms with van der Waals surface area (Å²) in [5, 5.41) is 0.506. The Bertz CT molecular complexity index is 425. The Morgan fingerprint density at radius 1 is 1.37 bits per heavy atom. The van der Waals surface area contributed by atoms with E-state index in [2.05, 4.69) is 11.9 Å². The molecule has 106 valence electrons. The molecule has 2 unspecified atom stereocenters. The minimum Gasteiger partial charge on any atom is -0.330 e. The van der Waals surface area contributed by atoms with E-state index in [1.54, 1.807) is 6.07 Å². The third-order valence-electron chi connectivity index (χ3n) is 4.17. The Hall–Kier alpha value is -0.640. The van der Waals surface area contributed by atoms with E-state index >= 15 is 0 Å². The van der Waals surface area contributed by atoms with Gasteiger partial charge in [0.1, 0.15) is 5.82 Å². The van der Waals surface area contributed by atoms with Crippen molar-refractivity contribution in [1.82, 2.24) is 4.90 Å². The van der Waals surface area contributed by atoms with Gasteiger partial charge in [0.15, 0.2) is 0 Å². The van der Waals surface area contributed by atoms with Crippen molar-refractivity contribution in [3.05, 3.63) is 34.6 Å². The van der Waals surface area contributed by atoms with Gasteiger partial charge in [-0.2, -0.15) is 0 Å². The molecule has 1 aromatic rings. The molecule has 1 aliphatic rings. The molecule has 2 rings (SSSR count). The quantitative estimate of drug-likeness (QED) is 0.918.